The van der Waals surface area contributed by atoms with Gasteiger partial charge in [0.2, 0.25) is 11.8 Å². The smallest absolute Gasteiger partial charge is 0.347 e. The number of rotatable bonds is 4. The molecule has 0 atom stereocenters. The van der Waals surface area contributed by atoms with E-state index in [1.165, 1.54) is 6.08 Å². The number of hydrogen-bond donors (Lipinski definition) is 1. The summed E-state index contributed by atoms with van der Waals surface area (Å²) < 4.78 is 5.36. The summed E-state index contributed by atoms with van der Waals surface area (Å²) in [7, 11) is 0. The highest BCUT2D eigenvalue weighted by atomic mass is 16.4. The molecule has 0 aliphatic heterocycles. The van der Waals surface area contributed by atoms with E-state index >= 15 is 0 Å². The molecule has 0 saturated heterocycles. The summed E-state index contributed by atoms with van der Waals surface area (Å²) >= 11 is 0. The molecule has 29 heavy (non-hydrogen) atoms. The summed E-state index contributed by atoms with van der Waals surface area (Å²) in [6.07, 6.45) is 3.23. The van der Waals surface area contributed by atoms with E-state index in [0.29, 0.717) is 22.2 Å². The van der Waals surface area contributed by atoms with Crippen LogP contribution in [0.25, 0.3) is 28.4 Å². The van der Waals surface area contributed by atoms with Gasteiger partial charge >= 0.3 is 5.63 Å². The summed E-state index contributed by atoms with van der Waals surface area (Å²) in [5, 5.41) is 3.24. The molecule has 0 spiro atoms. The normalized spacial score (nSPS) is 11.1. The second-order valence-corrected chi connectivity index (χ2v) is 6.64. The van der Waals surface area contributed by atoms with Crippen LogP contribution in [0.5, 0.6) is 0 Å². The Balaban J connectivity index is 1.55. The summed E-state index contributed by atoms with van der Waals surface area (Å²) in [5.74, 6) is -0.0457. The SMILES string of the molecule is Cc1ccc(/C=C/C(=O)Nc2cccc(-c3nc4ccccc4c(=O)o3)c2)cc1. The molecule has 0 radical (unpaired) electrons. The first-order valence-corrected chi connectivity index (χ1v) is 9.14. The van der Waals surface area contributed by atoms with Gasteiger partial charge in [0.15, 0.2) is 0 Å². The van der Waals surface area contributed by atoms with Gasteiger partial charge in [-0.05, 0) is 48.9 Å². The van der Waals surface area contributed by atoms with Gasteiger partial charge in [-0.2, -0.15) is 0 Å². The monoisotopic (exact) mass is 382 g/mol. The molecule has 3 aromatic carbocycles. The first kappa shape index (κ1) is 18.4. The lowest BCUT2D eigenvalue weighted by Gasteiger charge is -2.05. The van der Waals surface area contributed by atoms with Crippen molar-refractivity contribution in [3.05, 3.63) is 100 Å². The highest BCUT2D eigenvalue weighted by Gasteiger charge is 2.09. The molecule has 0 fully saturated rings. The van der Waals surface area contributed by atoms with E-state index < -0.39 is 5.63 Å². The first-order valence-electron chi connectivity index (χ1n) is 9.14. The van der Waals surface area contributed by atoms with Gasteiger partial charge in [0.25, 0.3) is 0 Å². The second-order valence-electron chi connectivity index (χ2n) is 6.64. The van der Waals surface area contributed by atoms with Crippen molar-refractivity contribution in [2.24, 2.45) is 0 Å². The zero-order valence-corrected chi connectivity index (χ0v) is 15.8. The molecule has 4 aromatic rings. The minimum atomic E-state index is -0.443. The molecule has 0 aliphatic carbocycles. The number of aryl methyl sites for hydroxylation is 1. The van der Waals surface area contributed by atoms with Crippen molar-refractivity contribution in [1.29, 1.82) is 0 Å². The lowest BCUT2D eigenvalue weighted by atomic mass is 10.1. The fourth-order valence-electron chi connectivity index (χ4n) is 2.91. The third kappa shape index (κ3) is 4.30. The maximum atomic E-state index is 12.2. The predicted octanol–water partition coefficient (Wildman–Crippen LogP) is 4.82. The maximum Gasteiger partial charge on any atom is 0.347 e. The van der Waals surface area contributed by atoms with E-state index in [1.807, 2.05) is 37.3 Å². The number of anilines is 1. The summed E-state index contributed by atoms with van der Waals surface area (Å²) in [6, 6.07) is 21.9. The molecule has 5 heteroatoms. The number of carbonyl (C=O) groups is 1. The number of para-hydroxylation sites is 1. The Morgan fingerprint density at radius 1 is 1.00 bits per heavy atom. The Morgan fingerprint density at radius 3 is 2.62 bits per heavy atom. The van der Waals surface area contributed by atoms with Gasteiger partial charge in [-0.25, -0.2) is 9.78 Å². The fraction of sp³-hybridized carbons (Fsp3) is 0.0417. The highest BCUT2D eigenvalue weighted by Crippen LogP contribution is 2.22. The molecular weight excluding hydrogens is 364 g/mol. The average molecular weight is 382 g/mol. The Kier molecular flexibility index (Phi) is 5.03. The number of fused-ring (bicyclic) bond motifs is 1. The zero-order chi connectivity index (χ0) is 20.2. The van der Waals surface area contributed by atoms with E-state index in [-0.39, 0.29) is 11.8 Å². The molecular formula is C24H18N2O3. The molecule has 1 aromatic heterocycles. The number of carbonyl (C=O) groups excluding carboxylic acids is 1. The van der Waals surface area contributed by atoms with Crippen molar-refractivity contribution in [3.63, 3.8) is 0 Å². The quantitative estimate of drug-likeness (QED) is 0.514. The van der Waals surface area contributed by atoms with Gasteiger partial charge in [0, 0.05) is 17.3 Å². The van der Waals surface area contributed by atoms with Crippen LogP contribution in [0.3, 0.4) is 0 Å². The van der Waals surface area contributed by atoms with Crippen molar-refractivity contribution in [3.8, 4) is 11.5 Å². The molecule has 4 rings (SSSR count). The van der Waals surface area contributed by atoms with Crippen LogP contribution in [0, 0.1) is 6.92 Å². The fourth-order valence-corrected chi connectivity index (χ4v) is 2.91. The highest BCUT2D eigenvalue weighted by molar-refractivity contribution is 6.02. The first-order chi connectivity index (χ1) is 14.1. The Labute approximate surface area is 167 Å². The molecule has 0 saturated carbocycles. The lowest BCUT2D eigenvalue weighted by Crippen LogP contribution is -2.08. The molecule has 142 valence electrons. The van der Waals surface area contributed by atoms with Gasteiger partial charge in [-0.1, -0.05) is 48.0 Å². The van der Waals surface area contributed by atoms with Gasteiger partial charge in [-0.3, -0.25) is 4.79 Å². The largest absolute Gasteiger partial charge is 0.403 e. The van der Waals surface area contributed by atoms with Crippen molar-refractivity contribution >= 4 is 28.6 Å². The van der Waals surface area contributed by atoms with Gasteiger partial charge in [0.05, 0.1) is 10.9 Å². The van der Waals surface area contributed by atoms with Crippen LogP contribution in [-0.4, -0.2) is 10.9 Å². The van der Waals surface area contributed by atoms with Crippen molar-refractivity contribution in [1.82, 2.24) is 4.98 Å². The number of hydrogen-bond acceptors (Lipinski definition) is 4. The topological polar surface area (TPSA) is 72.2 Å². The number of nitrogens with zero attached hydrogens (tertiary/aromatic N) is 1. The molecule has 0 unspecified atom stereocenters. The van der Waals surface area contributed by atoms with E-state index in [2.05, 4.69) is 10.3 Å². The van der Waals surface area contributed by atoms with Crippen molar-refractivity contribution < 1.29 is 9.21 Å². The average Bonchev–Trinajstić information content (AvgIpc) is 2.73. The van der Waals surface area contributed by atoms with Crippen LogP contribution in [0.15, 0.2) is 88.1 Å². The van der Waals surface area contributed by atoms with Crippen LogP contribution in [0.4, 0.5) is 5.69 Å². The van der Waals surface area contributed by atoms with E-state index in [4.69, 9.17) is 4.42 Å². The van der Waals surface area contributed by atoms with Crippen LogP contribution < -0.4 is 10.9 Å². The molecule has 1 N–H and O–H groups in total. The molecule has 0 bridgehead atoms. The van der Waals surface area contributed by atoms with Gasteiger partial charge < -0.3 is 9.73 Å². The minimum Gasteiger partial charge on any atom is -0.403 e. The maximum absolute atomic E-state index is 12.2. The van der Waals surface area contributed by atoms with Crippen LogP contribution in [-0.2, 0) is 4.79 Å². The molecule has 1 amide bonds. The summed E-state index contributed by atoms with van der Waals surface area (Å²) in [5.41, 5.74) is 3.42. The standard InChI is InChI=1S/C24H18N2O3/c1-16-9-11-17(12-10-16)13-14-22(27)25-19-6-4-5-18(15-19)23-26-21-8-3-2-7-20(21)24(28)29-23/h2-15H,1H3,(H,25,27)/b14-13+. The number of benzene rings is 3. The third-order valence-electron chi connectivity index (χ3n) is 4.42. The van der Waals surface area contributed by atoms with E-state index in [0.717, 1.165) is 11.1 Å². The molecule has 5 nitrogen and oxygen atoms in total. The number of amides is 1. The van der Waals surface area contributed by atoms with E-state index in [1.54, 1.807) is 48.5 Å². The van der Waals surface area contributed by atoms with Crippen molar-refractivity contribution in [2.45, 2.75) is 6.92 Å². The van der Waals surface area contributed by atoms with Crippen LogP contribution in [0.1, 0.15) is 11.1 Å². The zero-order valence-electron chi connectivity index (χ0n) is 15.8. The molecule has 1 heterocycles. The minimum absolute atomic E-state index is 0.208. The van der Waals surface area contributed by atoms with Crippen LogP contribution >= 0.6 is 0 Å². The van der Waals surface area contributed by atoms with Crippen molar-refractivity contribution in [2.75, 3.05) is 5.32 Å². The number of nitrogens with one attached hydrogen (secondary N) is 1. The molecule has 0 aliphatic rings. The summed E-state index contributed by atoms with van der Waals surface area (Å²) in [4.78, 5) is 28.8. The van der Waals surface area contributed by atoms with Gasteiger partial charge in [0.1, 0.15) is 0 Å². The Bertz CT molecular complexity index is 1270. The third-order valence-corrected chi connectivity index (χ3v) is 4.42. The van der Waals surface area contributed by atoms with E-state index in [9.17, 15) is 9.59 Å². The predicted molar refractivity (Wildman–Crippen MR) is 115 cm³/mol. The van der Waals surface area contributed by atoms with Crippen LogP contribution in [0.2, 0.25) is 0 Å². The Hall–Kier alpha value is -3.99. The number of aromatic nitrogens is 1. The Morgan fingerprint density at radius 2 is 1.79 bits per heavy atom. The summed E-state index contributed by atoms with van der Waals surface area (Å²) in [6.45, 7) is 2.01. The van der Waals surface area contributed by atoms with Gasteiger partial charge in [-0.15, -0.1) is 0 Å². The lowest BCUT2D eigenvalue weighted by molar-refractivity contribution is -0.111. The second kappa shape index (κ2) is 7.94.